The molecule has 1 aliphatic rings. The van der Waals surface area contributed by atoms with E-state index in [1.165, 1.54) is 0 Å². The Bertz CT molecular complexity index is 230. The van der Waals surface area contributed by atoms with Gasteiger partial charge in [0, 0.05) is 6.54 Å². The lowest BCUT2D eigenvalue weighted by Gasteiger charge is -2.11. The summed E-state index contributed by atoms with van der Waals surface area (Å²) in [4.78, 5) is 0. The van der Waals surface area contributed by atoms with Gasteiger partial charge in [0.15, 0.2) is 0 Å². The first-order valence-electron chi connectivity index (χ1n) is 5.57. The normalized spacial score (nSPS) is 25.4. The van der Waals surface area contributed by atoms with E-state index in [9.17, 15) is 0 Å². The zero-order valence-electron chi connectivity index (χ0n) is 10.1. The monoisotopic (exact) mass is 193 g/mol. The van der Waals surface area contributed by atoms with E-state index >= 15 is 0 Å². The number of terminal acetylenes is 1. The zero-order chi connectivity index (χ0) is 11.0. The molecule has 80 valence electrons. The van der Waals surface area contributed by atoms with Crippen LogP contribution in [0.2, 0.25) is 0 Å². The van der Waals surface area contributed by atoms with E-state index in [-0.39, 0.29) is 6.04 Å². The average molecular weight is 193 g/mol. The van der Waals surface area contributed by atoms with Crippen LogP contribution in [0, 0.1) is 29.1 Å². The molecule has 0 amide bonds. The fraction of sp³-hybridized carbons (Fsp3) is 0.846. The van der Waals surface area contributed by atoms with Crippen LogP contribution < -0.4 is 5.32 Å². The summed E-state index contributed by atoms with van der Waals surface area (Å²) in [6, 6.07) is 0.252. The first-order chi connectivity index (χ1) is 6.37. The molecule has 1 fully saturated rings. The minimum atomic E-state index is 0.252. The van der Waals surface area contributed by atoms with Crippen LogP contribution in [0.25, 0.3) is 0 Å². The molecule has 1 heteroatoms. The molecule has 0 radical (unpaired) electrons. The number of hydrogen-bond donors (Lipinski definition) is 1. The molecule has 0 bridgehead atoms. The molecule has 0 heterocycles. The van der Waals surface area contributed by atoms with Gasteiger partial charge in [-0.1, -0.05) is 40.5 Å². The zero-order valence-corrected chi connectivity index (χ0v) is 10.1. The molecule has 1 saturated carbocycles. The van der Waals surface area contributed by atoms with E-state index in [0.717, 1.165) is 18.9 Å². The van der Waals surface area contributed by atoms with Gasteiger partial charge in [0.25, 0.3) is 0 Å². The minimum absolute atomic E-state index is 0.252. The Hall–Kier alpha value is -0.480. The van der Waals surface area contributed by atoms with Crippen molar-refractivity contribution in [3.63, 3.8) is 0 Å². The second kappa shape index (κ2) is 3.59. The number of rotatable bonds is 4. The third kappa shape index (κ3) is 1.68. The van der Waals surface area contributed by atoms with Gasteiger partial charge >= 0.3 is 0 Å². The predicted octanol–water partition coefficient (Wildman–Crippen LogP) is 2.67. The van der Waals surface area contributed by atoms with Crippen molar-refractivity contribution in [3.8, 4) is 12.3 Å². The van der Waals surface area contributed by atoms with Gasteiger partial charge in [0.2, 0.25) is 0 Å². The van der Waals surface area contributed by atoms with Gasteiger partial charge in [-0.05, 0) is 23.2 Å². The maximum Gasteiger partial charge on any atom is 0.0684 e. The van der Waals surface area contributed by atoms with Gasteiger partial charge < -0.3 is 5.32 Å². The molecule has 0 aromatic rings. The molecule has 1 rings (SSSR count). The molecule has 1 atom stereocenters. The second-order valence-electron chi connectivity index (χ2n) is 5.53. The Balaban J connectivity index is 2.39. The lowest BCUT2D eigenvalue weighted by atomic mass is 10.0. The van der Waals surface area contributed by atoms with Crippen LogP contribution in [-0.4, -0.2) is 12.6 Å². The number of nitrogens with one attached hydrogen (secondary N) is 1. The summed E-state index contributed by atoms with van der Waals surface area (Å²) in [6.07, 6.45) is 6.43. The Kier molecular flexibility index (Phi) is 2.97. The topological polar surface area (TPSA) is 12.0 Å². The summed E-state index contributed by atoms with van der Waals surface area (Å²) in [6.45, 7) is 12.6. The third-order valence-corrected chi connectivity index (χ3v) is 4.50. The molecule has 14 heavy (non-hydrogen) atoms. The van der Waals surface area contributed by atoms with Gasteiger partial charge in [0.05, 0.1) is 6.04 Å². The van der Waals surface area contributed by atoms with Crippen molar-refractivity contribution < 1.29 is 0 Å². The molecule has 0 aromatic carbocycles. The van der Waals surface area contributed by atoms with E-state index in [1.807, 2.05) is 0 Å². The molecule has 0 saturated heterocycles. The van der Waals surface area contributed by atoms with Crippen LogP contribution in [0.5, 0.6) is 0 Å². The fourth-order valence-corrected chi connectivity index (χ4v) is 2.42. The first kappa shape index (κ1) is 11.6. The maximum absolute atomic E-state index is 5.41. The summed E-state index contributed by atoms with van der Waals surface area (Å²) in [5.74, 6) is 3.54. The van der Waals surface area contributed by atoms with Crippen molar-refractivity contribution in [2.24, 2.45) is 16.7 Å². The molecule has 1 N–H and O–H groups in total. The molecular formula is C13H23N. The van der Waals surface area contributed by atoms with Gasteiger partial charge in [-0.15, -0.1) is 6.42 Å². The molecule has 0 spiro atoms. The highest BCUT2D eigenvalue weighted by atomic mass is 14.9. The average Bonchev–Trinajstić information content (AvgIpc) is 2.48. The van der Waals surface area contributed by atoms with Crippen LogP contribution in [0.4, 0.5) is 0 Å². The van der Waals surface area contributed by atoms with Crippen LogP contribution >= 0.6 is 0 Å². The van der Waals surface area contributed by atoms with Gasteiger partial charge in [-0.2, -0.15) is 0 Å². The minimum Gasteiger partial charge on any atom is -0.303 e. The molecule has 1 unspecified atom stereocenters. The Morgan fingerprint density at radius 1 is 1.29 bits per heavy atom. The van der Waals surface area contributed by atoms with E-state index in [4.69, 9.17) is 6.42 Å². The molecule has 1 aliphatic carbocycles. The van der Waals surface area contributed by atoms with E-state index in [1.54, 1.807) is 0 Å². The Morgan fingerprint density at radius 3 is 2.07 bits per heavy atom. The predicted molar refractivity (Wildman–Crippen MR) is 62.0 cm³/mol. The smallest absolute Gasteiger partial charge is 0.0684 e. The van der Waals surface area contributed by atoms with Crippen LogP contribution in [0.15, 0.2) is 0 Å². The quantitative estimate of drug-likeness (QED) is 0.677. The van der Waals surface area contributed by atoms with Gasteiger partial charge in [-0.3, -0.25) is 0 Å². The van der Waals surface area contributed by atoms with Crippen molar-refractivity contribution in [2.45, 2.75) is 47.1 Å². The van der Waals surface area contributed by atoms with Crippen LogP contribution in [-0.2, 0) is 0 Å². The maximum atomic E-state index is 5.41. The van der Waals surface area contributed by atoms with Gasteiger partial charge in [-0.25, -0.2) is 0 Å². The Morgan fingerprint density at radius 2 is 1.79 bits per heavy atom. The molecular weight excluding hydrogens is 170 g/mol. The van der Waals surface area contributed by atoms with Crippen LogP contribution in [0.1, 0.15) is 41.0 Å². The Labute approximate surface area is 88.7 Å². The summed E-state index contributed by atoms with van der Waals surface area (Å²) in [5, 5.41) is 3.46. The summed E-state index contributed by atoms with van der Waals surface area (Å²) < 4.78 is 0. The highest BCUT2D eigenvalue weighted by molar-refractivity contribution is 5.13. The van der Waals surface area contributed by atoms with E-state index in [0.29, 0.717) is 10.8 Å². The highest BCUT2D eigenvalue weighted by Crippen LogP contribution is 2.67. The van der Waals surface area contributed by atoms with E-state index < -0.39 is 0 Å². The molecule has 0 aromatic heterocycles. The van der Waals surface area contributed by atoms with Crippen molar-refractivity contribution in [1.29, 1.82) is 0 Å². The van der Waals surface area contributed by atoms with Crippen molar-refractivity contribution >= 4 is 0 Å². The summed E-state index contributed by atoms with van der Waals surface area (Å²) in [5.41, 5.74) is 0.930. The third-order valence-electron chi connectivity index (χ3n) is 4.50. The fourth-order valence-electron chi connectivity index (χ4n) is 2.42. The summed E-state index contributed by atoms with van der Waals surface area (Å²) in [7, 11) is 0. The second-order valence-corrected chi connectivity index (χ2v) is 5.53. The standard InChI is InChI=1S/C13H23N/c1-7-10(8-2)14-9-11-12(3,4)13(11,5)6/h1,10-11,14H,8-9H2,2-6H3. The largest absolute Gasteiger partial charge is 0.303 e. The van der Waals surface area contributed by atoms with Crippen molar-refractivity contribution in [2.75, 3.05) is 6.54 Å². The number of hydrogen-bond acceptors (Lipinski definition) is 1. The van der Waals surface area contributed by atoms with Gasteiger partial charge in [0.1, 0.15) is 0 Å². The SMILES string of the molecule is C#CC(CC)NCC1C(C)(C)C1(C)C. The lowest BCUT2D eigenvalue weighted by Crippen LogP contribution is -2.29. The molecule has 1 nitrogen and oxygen atoms in total. The van der Waals surface area contributed by atoms with E-state index in [2.05, 4.69) is 45.9 Å². The highest BCUT2D eigenvalue weighted by Gasteiger charge is 2.63. The summed E-state index contributed by atoms with van der Waals surface area (Å²) >= 11 is 0. The first-order valence-corrected chi connectivity index (χ1v) is 5.57. The lowest BCUT2D eigenvalue weighted by molar-refractivity contribution is 0.457. The molecule has 0 aliphatic heterocycles. The van der Waals surface area contributed by atoms with Crippen molar-refractivity contribution in [1.82, 2.24) is 5.32 Å². The van der Waals surface area contributed by atoms with Crippen LogP contribution in [0.3, 0.4) is 0 Å². The van der Waals surface area contributed by atoms with Crippen molar-refractivity contribution in [3.05, 3.63) is 0 Å².